The van der Waals surface area contributed by atoms with E-state index >= 15 is 0 Å². The molecule has 0 aliphatic rings. The second kappa shape index (κ2) is 5.64. The van der Waals surface area contributed by atoms with Gasteiger partial charge >= 0.3 is 0 Å². The van der Waals surface area contributed by atoms with Gasteiger partial charge in [-0.3, -0.25) is 5.01 Å². The Morgan fingerprint density at radius 1 is 1.00 bits per heavy atom. The lowest BCUT2D eigenvalue weighted by Gasteiger charge is -2.25. The van der Waals surface area contributed by atoms with Gasteiger partial charge in [0.2, 0.25) is 0 Å². The van der Waals surface area contributed by atoms with E-state index < -0.39 is 0 Å². The molecule has 0 fully saturated rings. The molecule has 0 bridgehead atoms. The van der Waals surface area contributed by atoms with Crippen LogP contribution in [0.4, 0.5) is 5.69 Å². The summed E-state index contributed by atoms with van der Waals surface area (Å²) >= 11 is 0. The fourth-order valence-electron chi connectivity index (χ4n) is 1.58. The molecule has 0 aliphatic heterocycles. The summed E-state index contributed by atoms with van der Waals surface area (Å²) in [6.45, 7) is 10.5. The molecule has 0 aromatic heterocycles. The first-order chi connectivity index (χ1) is 7.52. The quantitative estimate of drug-likeness (QED) is 0.553. The SMILES string of the molecule is Cc1ccccc1/N=N/N(C(C)C)C(C)C. The first kappa shape index (κ1) is 12.7. The van der Waals surface area contributed by atoms with Crippen molar-refractivity contribution in [2.24, 2.45) is 10.3 Å². The lowest BCUT2D eigenvalue weighted by atomic mass is 10.2. The molecule has 0 N–H and O–H groups in total. The fraction of sp³-hybridized carbons (Fsp3) is 0.538. The van der Waals surface area contributed by atoms with Crippen LogP contribution in [0.2, 0.25) is 0 Å². The summed E-state index contributed by atoms with van der Waals surface area (Å²) in [5.41, 5.74) is 2.09. The van der Waals surface area contributed by atoms with Gasteiger partial charge < -0.3 is 0 Å². The molecule has 1 aromatic rings. The van der Waals surface area contributed by atoms with Crippen LogP contribution < -0.4 is 0 Å². The van der Waals surface area contributed by atoms with Crippen molar-refractivity contribution in [1.29, 1.82) is 0 Å². The second-order valence-corrected chi connectivity index (χ2v) is 4.54. The van der Waals surface area contributed by atoms with Crippen LogP contribution in [0, 0.1) is 6.92 Å². The van der Waals surface area contributed by atoms with Crippen LogP contribution in [0.15, 0.2) is 34.6 Å². The van der Waals surface area contributed by atoms with E-state index in [9.17, 15) is 0 Å². The van der Waals surface area contributed by atoms with E-state index in [1.807, 2.05) is 36.2 Å². The maximum Gasteiger partial charge on any atom is 0.0903 e. The Bertz CT molecular complexity index is 348. The maximum absolute atomic E-state index is 4.31. The molecule has 0 radical (unpaired) electrons. The standard InChI is InChI=1S/C13H21N3/c1-10(2)16(11(3)4)15-14-13-9-7-6-8-12(13)5/h6-11H,1-5H3/b15-14+. The maximum atomic E-state index is 4.31. The van der Waals surface area contributed by atoms with Crippen LogP contribution >= 0.6 is 0 Å². The summed E-state index contributed by atoms with van der Waals surface area (Å²) < 4.78 is 0. The molecule has 1 aromatic carbocycles. The normalized spacial score (nSPS) is 11.7. The highest BCUT2D eigenvalue weighted by Crippen LogP contribution is 2.19. The molecule has 0 atom stereocenters. The van der Waals surface area contributed by atoms with Crippen molar-refractivity contribution >= 4 is 5.69 Å². The Balaban J connectivity index is 2.83. The third-order valence-electron chi connectivity index (χ3n) is 2.43. The van der Waals surface area contributed by atoms with E-state index in [2.05, 4.69) is 38.0 Å². The zero-order chi connectivity index (χ0) is 12.1. The molecule has 88 valence electrons. The molecule has 16 heavy (non-hydrogen) atoms. The Labute approximate surface area is 98.2 Å². The van der Waals surface area contributed by atoms with E-state index in [1.165, 1.54) is 0 Å². The molecule has 0 saturated carbocycles. The summed E-state index contributed by atoms with van der Waals surface area (Å²) in [7, 11) is 0. The number of benzene rings is 1. The highest BCUT2D eigenvalue weighted by atomic mass is 15.6. The van der Waals surface area contributed by atoms with Crippen molar-refractivity contribution in [3.8, 4) is 0 Å². The molecule has 3 heteroatoms. The van der Waals surface area contributed by atoms with Crippen LogP contribution in [0.1, 0.15) is 33.3 Å². The smallest absolute Gasteiger partial charge is 0.0903 e. The third kappa shape index (κ3) is 3.33. The Hall–Kier alpha value is -1.38. The van der Waals surface area contributed by atoms with Gasteiger partial charge in [-0.15, -0.1) is 5.11 Å². The molecular formula is C13H21N3. The number of hydrogen-bond acceptors (Lipinski definition) is 2. The summed E-state index contributed by atoms with van der Waals surface area (Å²) in [5.74, 6) is 0. The molecule has 0 amide bonds. The average Bonchev–Trinajstić information content (AvgIpc) is 2.20. The lowest BCUT2D eigenvalue weighted by Crippen LogP contribution is -2.31. The predicted molar refractivity (Wildman–Crippen MR) is 67.8 cm³/mol. The van der Waals surface area contributed by atoms with E-state index in [0.29, 0.717) is 12.1 Å². The van der Waals surface area contributed by atoms with Gasteiger partial charge in [0, 0.05) is 12.1 Å². The number of hydrogen-bond donors (Lipinski definition) is 0. The predicted octanol–water partition coefficient (Wildman–Crippen LogP) is 4.11. The minimum Gasteiger partial charge on any atom is -0.273 e. The van der Waals surface area contributed by atoms with Crippen LogP contribution in [0.5, 0.6) is 0 Å². The van der Waals surface area contributed by atoms with Crippen molar-refractivity contribution in [3.05, 3.63) is 29.8 Å². The van der Waals surface area contributed by atoms with Crippen molar-refractivity contribution in [3.63, 3.8) is 0 Å². The van der Waals surface area contributed by atoms with Gasteiger partial charge in [0.1, 0.15) is 0 Å². The van der Waals surface area contributed by atoms with Gasteiger partial charge in [-0.05, 0) is 46.2 Å². The first-order valence-corrected chi connectivity index (χ1v) is 5.78. The zero-order valence-corrected chi connectivity index (χ0v) is 10.8. The van der Waals surface area contributed by atoms with Crippen LogP contribution in [0.3, 0.4) is 0 Å². The van der Waals surface area contributed by atoms with E-state index in [4.69, 9.17) is 0 Å². The first-order valence-electron chi connectivity index (χ1n) is 5.78. The highest BCUT2D eigenvalue weighted by Gasteiger charge is 2.10. The van der Waals surface area contributed by atoms with Crippen molar-refractivity contribution < 1.29 is 0 Å². The molecular weight excluding hydrogens is 198 g/mol. The average molecular weight is 219 g/mol. The van der Waals surface area contributed by atoms with Gasteiger partial charge in [-0.2, -0.15) is 0 Å². The summed E-state index contributed by atoms with van der Waals surface area (Å²) in [6, 6.07) is 8.76. The molecule has 3 nitrogen and oxygen atoms in total. The topological polar surface area (TPSA) is 28.0 Å². The minimum absolute atomic E-state index is 0.368. The Morgan fingerprint density at radius 2 is 1.56 bits per heavy atom. The molecule has 0 spiro atoms. The number of rotatable bonds is 4. The highest BCUT2D eigenvalue weighted by molar-refractivity contribution is 5.43. The van der Waals surface area contributed by atoms with Gasteiger partial charge in [-0.25, -0.2) is 0 Å². The Kier molecular flexibility index (Phi) is 4.47. The second-order valence-electron chi connectivity index (χ2n) is 4.54. The summed E-state index contributed by atoms with van der Waals surface area (Å²) in [6.07, 6.45) is 0. The van der Waals surface area contributed by atoms with Gasteiger partial charge in [0.05, 0.1) is 5.69 Å². The molecule has 0 unspecified atom stereocenters. The minimum atomic E-state index is 0.368. The fourth-order valence-corrected chi connectivity index (χ4v) is 1.58. The van der Waals surface area contributed by atoms with Gasteiger partial charge in [0.15, 0.2) is 0 Å². The molecule has 0 saturated heterocycles. The van der Waals surface area contributed by atoms with Crippen LogP contribution in [0.25, 0.3) is 0 Å². The van der Waals surface area contributed by atoms with Crippen LogP contribution in [-0.2, 0) is 0 Å². The molecule has 1 rings (SSSR count). The lowest BCUT2D eigenvalue weighted by molar-refractivity contribution is 0.169. The Morgan fingerprint density at radius 3 is 2.06 bits per heavy atom. The zero-order valence-electron chi connectivity index (χ0n) is 10.8. The van der Waals surface area contributed by atoms with Crippen molar-refractivity contribution in [1.82, 2.24) is 5.01 Å². The summed E-state index contributed by atoms with van der Waals surface area (Å²) in [5, 5.41) is 10.6. The summed E-state index contributed by atoms with van der Waals surface area (Å²) in [4.78, 5) is 0. The van der Waals surface area contributed by atoms with E-state index in [0.717, 1.165) is 11.3 Å². The number of nitrogens with zero attached hydrogens (tertiary/aromatic N) is 3. The molecule has 0 aliphatic carbocycles. The van der Waals surface area contributed by atoms with Gasteiger partial charge in [0.25, 0.3) is 0 Å². The molecule has 0 heterocycles. The monoisotopic (exact) mass is 219 g/mol. The largest absolute Gasteiger partial charge is 0.273 e. The van der Waals surface area contributed by atoms with Gasteiger partial charge in [-0.1, -0.05) is 23.4 Å². The number of aryl methyl sites for hydroxylation is 1. The van der Waals surface area contributed by atoms with E-state index in [-0.39, 0.29) is 0 Å². The van der Waals surface area contributed by atoms with Crippen molar-refractivity contribution in [2.45, 2.75) is 46.7 Å². The third-order valence-corrected chi connectivity index (χ3v) is 2.43. The van der Waals surface area contributed by atoms with Crippen molar-refractivity contribution in [2.75, 3.05) is 0 Å². The van der Waals surface area contributed by atoms with Crippen LogP contribution in [-0.4, -0.2) is 17.1 Å². The van der Waals surface area contributed by atoms with E-state index in [1.54, 1.807) is 0 Å².